The fourth-order valence-electron chi connectivity index (χ4n) is 0.781. The summed E-state index contributed by atoms with van der Waals surface area (Å²) in [6.07, 6.45) is 0. The van der Waals surface area contributed by atoms with Crippen molar-refractivity contribution in [3.63, 3.8) is 0 Å². The number of hydrogen-bond acceptors (Lipinski definition) is 2. The van der Waals surface area contributed by atoms with Gasteiger partial charge in [0.05, 0.1) is 5.02 Å². The van der Waals surface area contributed by atoms with Gasteiger partial charge in [-0.2, -0.15) is 0 Å². The lowest BCUT2D eigenvalue weighted by atomic mass is 10.2. The number of halogens is 3. The number of benzene rings is 1. The Bertz CT molecular complexity index is 352. The van der Waals surface area contributed by atoms with Crippen molar-refractivity contribution < 1.29 is 23.8 Å². The Morgan fingerprint density at radius 1 is 1.46 bits per heavy atom. The molecule has 1 aromatic carbocycles. The molecule has 0 aliphatic rings. The van der Waals surface area contributed by atoms with E-state index in [0.717, 1.165) is 0 Å². The largest absolute Gasteiger partial charge is 0.505 e. The molecule has 0 aromatic heterocycles. The van der Waals surface area contributed by atoms with Crippen LogP contribution < -0.4 is 0 Å². The lowest BCUT2D eigenvalue weighted by Gasteiger charge is -2.03. The molecular formula is C7H3ClF2O3. The molecule has 13 heavy (non-hydrogen) atoms. The van der Waals surface area contributed by atoms with E-state index in [-0.39, 0.29) is 0 Å². The first-order chi connectivity index (χ1) is 5.95. The number of hydrogen-bond donors (Lipinski definition) is 2. The van der Waals surface area contributed by atoms with Gasteiger partial charge < -0.3 is 10.2 Å². The zero-order chi connectivity index (χ0) is 10.2. The predicted molar refractivity (Wildman–Crippen MR) is 40.0 cm³/mol. The van der Waals surface area contributed by atoms with Crippen LogP contribution in [0.1, 0.15) is 10.4 Å². The summed E-state index contributed by atoms with van der Waals surface area (Å²) in [5.74, 6) is -5.81. The predicted octanol–water partition coefficient (Wildman–Crippen LogP) is 2.02. The maximum atomic E-state index is 12.7. The van der Waals surface area contributed by atoms with Gasteiger partial charge in [0.1, 0.15) is 5.56 Å². The molecule has 2 N–H and O–H groups in total. The highest BCUT2D eigenvalue weighted by molar-refractivity contribution is 6.32. The molecule has 0 fully saturated rings. The summed E-state index contributed by atoms with van der Waals surface area (Å²) in [7, 11) is 0. The van der Waals surface area contributed by atoms with E-state index < -0.39 is 33.9 Å². The molecule has 1 rings (SSSR count). The lowest BCUT2D eigenvalue weighted by molar-refractivity contribution is 0.0687. The summed E-state index contributed by atoms with van der Waals surface area (Å²) in [4.78, 5) is 10.3. The maximum Gasteiger partial charge on any atom is 0.342 e. The molecule has 0 bridgehead atoms. The first kappa shape index (κ1) is 9.73. The Kier molecular flexibility index (Phi) is 2.38. The molecule has 0 radical (unpaired) electrons. The minimum atomic E-state index is -1.78. The third kappa shape index (κ3) is 1.55. The van der Waals surface area contributed by atoms with Crippen molar-refractivity contribution in [3.8, 4) is 5.75 Å². The first-order valence-corrected chi connectivity index (χ1v) is 3.42. The average molecular weight is 209 g/mol. The summed E-state index contributed by atoms with van der Waals surface area (Å²) in [5, 5.41) is 16.8. The molecule has 3 nitrogen and oxygen atoms in total. The summed E-state index contributed by atoms with van der Waals surface area (Å²) < 4.78 is 25.3. The van der Waals surface area contributed by atoms with E-state index in [0.29, 0.717) is 6.07 Å². The van der Waals surface area contributed by atoms with Crippen LogP contribution in [0, 0.1) is 11.6 Å². The van der Waals surface area contributed by atoms with E-state index >= 15 is 0 Å². The van der Waals surface area contributed by atoms with Crippen LogP contribution in [0.5, 0.6) is 5.75 Å². The Labute approximate surface area is 76.2 Å². The highest BCUT2D eigenvalue weighted by Gasteiger charge is 2.22. The second-order valence-electron chi connectivity index (χ2n) is 2.18. The van der Waals surface area contributed by atoms with Gasteiger partial charge in [0.2, 0.25) is 0 Å². The van der Waals surface area contributed by atoms with E-state index in [1.54, 1.807) is 0 Å². The van der Waals surface area contributed by atoms with Crippen molar-refractivity contribution in [1.29, 1.82) is 0 Å². The Morgan fingerprint density at radius 2 is 2.00 bits per heavy atom. The van der Waals surface area contributed by atoms with Gasteiger partial charge in [0.25, 0.3) is 0 Å². The smallest absolute Gasteiger partial charge is 0.342 e. The fraction of sp³-hybridized carbons (Fsp3) is 0. The summed E-state index contributed by atoms with van der Waals surface area (Å²) in [6.45, 7) is 0. The Morgan fingerprint density at radius 3 is 2.46 bits per heavy atom. The molecule has 0 atom stereocenters. The summed E-state index contributed by atoms with van der Waals surface area (Å²) >= 11 is 5.22. The number of carbonyl (C=O) groups is 1. The number of phenols is 1. The zero-order valence-electron chi connectivity index (χ0n) is 6.01. The highest BCUT2D eigenvalue weighted by Crippen LogP contribution is 2.31. The molecule has 70 valence electrons. The van der Waals surface area contributed by atoms with Crippen LogP contribution in [0.4, 0.5) is 8.78 Å². The van der Waals surface area contributed by atoms with Crippen LogP contribution in [0.15, 0.2) is 6.07 Å². The molecule has 0 aliphatic carbocycles. The lowest BCUT2D eigenvalue weighted by Crippen LogP contribution is -2.03. The van der Waals surface area contributed by atoms with E-state index in [1.807, 2.05) is 0 Å². The van der Waals surface area contributed by atoms with Gasteiger partial charge in [-0.15, -0.1) is 0 Å². The molecule has 0 amide bonds. The average Bonchev–Trinajstić information content (AvgIpc) is 2.01. The van der Waals surface area contributed by atoms with Crippen molar-refractivity contribution in [3.05, 3.63) is 28.3 Å². The first-order valence-electron chi connectivity index (χ1n) is 3.05. The van der Waals surface area contributed by atoms with E-state index in [4.69, 9.17) is 21.8 Å². The third-order valence-corrected chi connectivity index (χ3v) is 1.65. The van der Waals surface area contributed by atoms with Crippen LogP contribution in [0.3, 0.4) is 0 Å². The van der Waals surface area contributed by atoms with Gasteiger partial charge in [-0.05, 0) is 6.07 Å². The maximum absolute atomic E-state index is 12.7. The molecule has 0 aliphatic heterocycles. The molecule has 0 heterocycles. The SMILES string of the molecule is O=C(O)c1c(O)c(Cl)cc(F)c1F. The van der Waals surface area contributed by atoms with Gasteiger partial charge in [0.15, 0.2) is 17.4 Å². The van der Waals surface area contributed by atoms with E-state index in [2.05, 4.69) is 0 Å². The van der Waals surface area contributed by atoms with Crippen LogP contribution >= 0.6 is 11.6 Å². The van der Waals surface area contributed by atoms with E-state index in [1.165, 1.54) is 0 Å². The van der Waals surface area contributed by atoms with Gasteiger partial charge in [-0.25, -0.2) is 13.6 Å². The van der Waals surface area contributed by atoms with Crippen molar-refractivity contribution >= 4 is 17.6 Å². The number of carboxylic acid groups (broad SMARTS) is 1. The molecule has 0 unspecified atom stereocenters. The minimum absolute atomic E-state index is 0.499. The van der Waals surface area contributed by atoms with Crippen molar-refractivity contribution in [1.82, 2.24) is 0 Å². The fourth-order valence-corrected chi connectivity index (χ4v) is 0.971. The highest BCUT2D eigenvalue weighted by atomic mass is 35.5. The minimum Gasteiger partial charge on any atom is -0.505 e. The topological polar surface area (TPSA) is 57.5 Å². The number of aromatic carboxylic acids is 1. The standard InChI is InChI=1S/C7H3ClF2O3/c8-2-1-3(9)5(10)4(6(2)11)7(12)13/h1,11H,(H,12,13). The Hall–Kier alpha value is -1.36. The van der Waals surface area contributed by atoms with Gasteiger partial charge in [0, 0.05) is 0 Å². The van der Waals surface area contributed by atoms with Crippen LogP contribution in [-0.2, 0) is 0 Å². The number of rotatable bonds is 1. The monoisotopic (exact) mass is 208 g/mol. The number of carboxylic acids is 1. The second kappa shape index (κ2) is 3.18. The quantitative estimate of drug-likeness (QED) is 0.695. The van der Waals surface area contributed by atoms with Crippen LogP contribution in [0.2, 0.25) is 5.02 Å². The molecule has 6 heteroatoms. The van der Waals surface area contributed by atoms with Crippen molar-refractivity contribution in [2.24, 2.45) is 0 Å². The van der Waals surface area contributed by atoms with Gasteiger partial charge >= 0.3 is 5.97 Å². The van der Waals surface area contributed by atoms with Crippen LogP contribution in [0.25, 0.3) is 0 Å². The second-order valence-corrected chi connectivity index (χ2v) is 2.59. The normalized spacial score (nSPS) is 10.1. The summed E-state index contributed by atoms with van der Waals surface area (Å²) in [5.41, 5.74) is -1.16. The summed E-state index contributed by atoms with van der Waals surface area (Å²) in [6, 6.07) is 0.499. The molecular weight excluding hydrogens is 206 g/mol. The molecule has 1 aromatic rings. The molecule has 0 saturated carbocycles. The molecule has 0 spiro atoms. The third-order valence-electron chi connectivity index (χ3n) is 1.36. The van der Waals surface area contributed by atoms with Gasteiger partial charge in [-0.3, -0.25) is 0 Å². The molecule has 0 saturated heterocycles. The van der Waals surface area contributed by atoms with Crippen molar-refractivity contribution in [2.75, 3.05) is 0 Å². The number of aromatic hydroxyl groups is 1. The Balaban J connectivity index is 3.56. The van der Waals surface area contributed by atoms with E-state index in [9.17, 15) is 13.6 Å². The van der Waals surface area contributed by atoms with Crippen LogP contribution in [-0.4, -0.2) is 16.2 Å². The zero-order valence-corrected chi connectivity index (χ0v) is 6.77. The van der Waals surface area contributed by atoms with Crippen molar-refractivity contribution in [2.45, 2.75) is 0 Å². The van der Waals surface area contributed by atoms with Gasteiger partial charge in [-0.1, -0.05) is 11.6 Å².